The summed E-state index contributed by atoms with van der Waals surface area (Å²) >= 11 is 3.33. The number of halogens is 1. The highest BCUT2D eigenvalue weighted by atomic mass is 79.9. The third kappa shape index (κ3) is 2.28. The van der Waals surface area contributed by atoms with Crippen molar-refractivity contribution in [2.75, 3.05) is 7.11 Å². The van der Waals surface area contributed by atoms with Crippen molar-refractivity contribution in [1.82, 2.24) is 9.78 Å². The Morgan fingerprint density at radius 3 is 2.82 bits per heavy atom. The Bertz CT molecular complexity index is 568. The van der Waals surface area contributed by atoms with E-state index < -0.39 is 4.92 Å². The van der Waals surface area contributed by atoms with E-state index in [0.29, 0.717) is 11.4 Å². The van der Waals surface area contributed by atoms with E-state index in [1.54, 1.807) is 25.3 Å². The van der Waals surface area contributed by atoms with Crippen molar-refractivity contribution in [2.45, 2.75) is 0 Å². The average molecular weight is 298 g/mol. The Morgan fingerprint density at radius 1 is 1.47 bits per heavy atom. The van der Waals surface area contributed by atoms with Gasteiger partial charge in [-0.3, -0.25) is 0 Å². The molecule has 1 aromatic heterocycles. The third-order valence-electron chi connectivity index (χ3n) is 2.16. The molecule has 7 heteroatoms. The highest BCUT2D eigenvalue weighted by Gasteiger charge is 2.13. The first-order valence-corrected chi connectivity index (χ1v) is 5.45. The van der Waals surface area contributed by atoms with Gasteiger partial charge in [0.05, 0.1) is 34.6 Å². The molecule has 1 heterocycles. The zero-order chi connectivity index (χ0) is 12.4. The quantitative estimate of drug-likeness (QED) is 0.645. The van der Waals surface area contributed by atoms with E-state index in [0.717, 1.165) is 4.47 Å². The normalized spacial score (nSPS) is 10.2. The zero-order valence-corrected chi connectivity index (χ0v) is 10.4. The van der Waals surface area contributed by atoms with Gasteiger partial charge in [-0.2, -0.15) is 0 Å². The van der Waals surface area contributed by atoms with Crippen molar-refractivity contribution in [3.8, 4) is 11.4 Å². The average Bonchev–Trinajstić information content (AvgIpc) is 2.79. The fourth-order valence-corrected chi connectivity index (χ4v) is 1.75. The van der Waals surface area contributed by atoms with E-state index in [-0.39, 0.29) is 5.82 Å². The summed E-state index contributed by atoms with van der Waals surface area (Å²) in [7, 11) is 1.55. The molecule has 0 N–H and O–H groups in total. The van der Waals surface area contributed by atoms with Crippen molar-refractivity contribution in [3.05, 3.63) is 45.0 Å². The van der Waals surface area contributed by atoms with Gasteiger partial charge >= 0.3 is 5.82 Å². The van der Waals surface area contributed by atoms with Crippen molar-refractivity contribution in [2.24, 2.45) is 0 Å². The lowest BCUT2D eigenvalue weighted by atomic mass is 10.3. The fraction of sp³-hybridized carbons (Fsp3) is 0.100. The van der Waals surface area contributed by atoms with Crippen LogP contribution in [0.4, 0.5) is 5.82 Å². The van der Waals surface area contributed by atoms with E-state index in [4.69, 9.17) is 4.74 Å². The molecule has 0 spiro atoms. The Hall–Kier alpha value is -1.89. The first kappa shape index (κ1) is 11.6. The van der Waals surface area contributed by atoms with Gasteiger partial charge in [0.2, 0.25) is 0 Å². The number of nitrogens with zero attached hydrogens (tertiary/aromatic N) is 3. The maximum atomic E-state index is 10.5. The summed E-state index contributed by atoms with van der Waals surface area (Å²) < 4.78 is 7.37. The summed E-state index contributed by atoms with van der Waals surface area (Å²) in [4.78, 5) is 9.99. The molecule has 0 aliphatic rings. The van der Waals surface area contributed by atoms with Crippen molar-refractivity contribution in [3.63, 3.8) is 0 Å². The molecule has 0 aliphatic heterocycles. The fourth-order valence-electron chi connectivity index (χ4n) is 1.35. The molecule has 0 atom stereocenters. The van der Waals surface area contributed by atoms with Crippen LogP contribution in [0.1, 0.15) is 0 Å². The maximum absolute atomic E-state index is 10.5. The lowest BCUT2D eigenvalue weighted by Gasteiger charge is -2.04. The van der Waals surface area contributed by atoms with Crippen LogP contribution in [0.25, 0.3) is 5.69 Å². The molecule has 0 saturated carbocycles. The molecule has 0 saturated heterocycles. The zero-order valence-electron chi connectivity index (χ0n) is 8.83. The molecule has 88 valence electrons. The highest BCUT2D eigenvalue weighted by molar-refractivity contribution is 9.10. The third-order valence-corrected chi connectivity index (χ3v) is 2.82. The number of nitro groups is 1. The summed E-state index contributed by atoms with van der Waals surface area (Å²) in [6, 6.07) is 6.65. The van der Waals surface area contributed by atoms with Gasteiger partial charge in [-0.15, -0.1) is 4.68 Å². The van der Waals surface area contributed by atoms with E-state index in [9.17, 15) is 10.1 Å². The molecule has 0 unspecified atom stereocenters. The second-order valence-corrected chi connectivity index (χ2v) is 4.05. The number of ether oxygens (including phenoxy) is 1. The van der Waals surface area contributed by atoms with E-state index in [1.165, 1.54) is 16.9 Å². The van der Waals surface area contributed by atoms with Crippen LogP contribution in [-0.4, -0.2) is 21.8 Å². The van der Waals surface area contributed by atoms with Gasteiger partial charge in [0.25, 0.3) is 0 Å². The van der Waals surface area contributed by atoms with Gasteiger partial charge in [-0.25, -0.2) is 0 Å². The molecule has 2 aromatic rings. The number of hydrogen-bond donors (Lipinski definition) is 0. The van der Waals surface area contributed by atoms with Gasteiger partial charge in [-0.1, -0.05) is 0 Å². The Labute approximate surface area is 105 Å². The van der Waals surface area contributed by atoms with Gasteiger partial charge in [0, 0.05) is 6.07 Å². The Kier molecular flexibility index (Phi) is 3.10. The number of hydrogen-bond acceptors (Lipinski definition) is 4. The van der Waals surface area contributed by atoms with E-state index in [2.05, 4.69) is 21.0 Å². The molecule has 2 rings (SSSR count). The van der Waals surface area contributed by atoms with Crippen molar-refractivity contribution >= 4 is 21.7 Å². The van der Waals surface area contributed by atoms with Crippen LogP contribution in [0, 0.1) is 10.1 Å². The molecule has 0 radical (unpaired) electrons. The van der Waals surface area contributed by atoms with Gasteiger partial charge in [-0.05, 0) is 33.0 Å². The molecule has 17 heavy (non-hydrogen) atoms. The lowest BCUT2D eigenvalue weighted by Crippen LogP contribution is -1.97. The monoisotopic (exact) mass is 297 g/mol. The minimum atomic E-state index is -0.535. The van der Waals surface area contributed by atoms with Crippen LogP contribution in [0.15, 0.2) is 34.9 Å². The minimum Gasteiger partial charge on any atom is -0.495 e. The summed E-state index contributed by atoms with van der Waals surface area (Å²) in [5, 5.41) is 14.4. The molecule has 0 amide bonds. The summed E-state index contributed by atoms with van der Waals surface area (Å²) in [5.74, 6) is 0.451. The number of methoxy groups -OCH3 is 1. The van der Waals surface area contributed by atoms with E-state index >= 15 is 0 Å². The molecule has 0 fully saturated rings. The van der Waals surface area contributed by atoms with Gasteiger partial charge in [0.15, 0.2) is 0 Å². The second-order valence-electron chi connectivity index (χ2n) is 3.19. The van der Waals surface area contributed by atoms with Crippen molar-refractivity contribution in [1.29, 1.82) is 0 Å². The Balaban J connectivity index is 2.42. The Morgan fingerprint density at radius 2 is 2.24 bits per heavy atom. The van der Waals surface area contributed by atoms with Crippen molar-refractivity contribution < 1.29 is 9.66 Å². The molecule has 0 aliphatic carbocycles. The minimum absolute atomic E-state index is 0.188. The van der Waals surface area contributed by atoms with Crippen LogP contribution in [0.2, 0.25) is 0 Å². The molecule has 1 aromatic carbocycles. The van der Waals surface area contributed by atoms with Gasteiger partial charge in [0.1, 0.15) is 5.75 Å². The van der Waals surface area contributed by atoms with Crippen LogP contribution < -0.4 is 4.74 Å². The van der Waals surface area contributed by atoms with Crippen LogP contribution >= 0.6 is 15.9 Å². The first-order valence-electron chi connectivity index (χ1n) is 4.66. The van der Waals surface area contributed by atoms with Gasteiger partial charge < -0.3 is 14.9 Å². The number of aromatic nitrogens is 2. The van der Waals surface area contributed by atoms with Crippen LogP contribution in [-0.2, 0) is 0 Å². The predicted octanol–water partition coefficient (Wildman–Crippen LogP) is 2.55. The number of rotatable bonds is 3. The lowest BCUT2D eigenvalue weighted by molar-refractivity contribution is -0.389. The maximum Gasteiger partial charge on any atom is 0.390 e. The summed E-state index contributed by atoms with van der Waals surface area (Å²) in [5.41, 5.74) is 0.693. The molecular formula is C10H8BrN3O3. The predicted molar refractivity (Wildman–Crippen MR) is 64.5 cm³/mol. The molecular weight excluding hydrogens is 290 g/mol. The first-order chi connectivity index (χ1) is 8.11. The molecule has 0 bridgehead atoms. The smallest absolute Gasteiger partial charge is 0.390 e. The number of benzene rings is 1. The summed E-state index contributed by atoms with van der Waals surface area (Å²) in [6.45, 7) is 0. The van der Waals surface area contributed by atoms with E-state index in [1.807, 2.05) is 0 Å². The second kappa shape index (κ2) is 4.54. The topological polar surface area (TPSA) is 70.2 Å². The standard InChI is InChI=1S/C10H8BrN3O3/c1-17-9-6-7(2-3-8(9)11)13-5-4-10(12-13)14(15)16/h2-6H,1H3. The van der Waals surface area contributed by atoms with Crippen LogP contribution in [0.5, 0.6) is 5.75 Å². The summed E-state index contributed by atoms with van der Waals surface area (Å²) in [6.07, 6.45) is 1.53. The largest absolute Gasteiger partial charge is 0.495 e. The SMILES string of the molecule is COc1cc(-n2ccc([N+](=O)[O-])n2)ccc1Br. The molecule has 6 nitrogen and oxygen atoms in total. The highest BCUT2D eigenvalue weighted by Crippen LogP contribution is 2.27. The van der Waals surface area contributed by atoms with Crippen LogP contribution in [0.3, 0.4) is 0 Å².